The quantitative estimate of drug-likeness (QED) is 0.833. The Morgan fingerprint density at radius 3 is 2.78 bits per heavy atom. The van der Waals surface area contributed by atoms with Crippen molar-refractivity contribution in [1.29, 1.82) is 0 Å². The zero-order chi connectivity index (χ0) is 12.5. The highest BCUT2D eigenvalue weighted by Crippen LogP contribution is 2.43. The zero-order valence-corrected chi connectivity index (χ0v) is 10.4. The molecule has 2 aromatic rings. The number of halogens is 1. The van der Waals surface area contributed by atoms with Gasteiger partial charge in [-0.15, -0.1) is 0 Å². The smallest absolute Gasteiger partial charge is 0.157 e. The van der Waals surface area contributed by atoms with Gasteiger partial charge in [-0.25, -0.2) is 9.97 Å². The molecule has 1 aliphatic rings. The Morgan fingerprint density at radius 1 is 1.22 bits per heavy atom. The molecule has 0 unspecified atom stereocenters. The Balaban J connectivity index is 1.71. The van der Waals surface area contributed by atoms with E-state index in [0.717, 1.165) is 6.42 Å². The average molecular weight is 261 g/mol. The number of anilines is 2. The SMILES string of the molecule is Nc1c(Cl)ncnc1N[C@@H]1C[C@H]1c1ccccc1. The largest absolute Gasteiger partial charge is 0.393 e. The van der Waals surface area contributed by atoms with Gasteiger partial charge in [0.15, 0.2) is 11.0 Å². The van der Waals surface area contributed by atoms with Gasteiger partial charge < -0.3 is 11.1 Å². The van der Waals surface area contributed by atoms with E-state index in [-0.39, 0.29) is 0 Å². The number of nitrogens with one attached hydrogen (secondary N) is 1. The minimum atomic E-state index is 0.296. The predicted octanol–water partition coefficient (Wildman–Crippen LogP) is 2.68. The van der Waals surface area contributed by atoms with Crippen LogP contribution < -0.4 is 11.1 Å². The predicted molar refractivity (Wildman–Crippen MR) is 72.7 cm³/mol. The number of rotatable bonds is 3. The molecule has 4 nitrogen and oxygen atoms in total. The van der Waals surface area contributed by atoms with Crippen LogP contribution >= 0.6 is 11.6 Å². The number of benzene rings is 1. The monoisotopic (exact) mass is 260 g/mol. The summed E-state index contributed by atoms with van der Waals surface area (Å²) in [6.07, 6.45) is 2.51. The molecule has 1 aliphatic carbocycles. The Bertz CT molecular complexity index is 558. The van der Waals surface area contributed by atoms with Gasteiger partial charge in [-0.3, -0.25) is 0 Å². The van der Waals surface area contributed by atoms with E-state index in [1.165, 1.54) is 11.9 Å². The number of hydrogen-bond acceptors (Lipinski definition) is 4. The third kappa shape index (κ3) is 2.11. The molecule has 1 aromatic carbocycles. The topological polar surface area (TPSA) is 63.8 Å². The summed E-state index contributed by atoms with van der Waals surface area (Å²) in [5.41, 5.74) is 7.58. The maximum atomic E-state index is 5.85. The highest BCUT2D eigenvalue weighted by atomic mass is 35.5. The highest BCUT2D eigenvalue weighted by molar-refractivity contribution is 6.32. The summed E-state index contributed by atoms with van der Waals surface area (Å²) < 4.78 is 0. The first-order valence-electron chi connectivity index (χ1n) is 5.83. The molecule has 2 atom stereocenters. The summed E-state index contributed by atoms with van der Waals surface area (Å²) in [5, 5.41) is 3.61. The van der Waals surface area contributed by atoms with E-state index in [2.05, 4.69) is 39.6 Å². The van der Waals surface area contributed by atoms with Gasteiger partial charge in [-0.05, 0) is 12.0 Å². The minimum absolute atomic E-state index is 0.296. The van der Waals surface area contributed by atoms with Gasteiger partial charge in [-0.2, -0.15) is 0 Å². The molecule has 3 rings (SSSR count). The number of nitrogens with two attached hydrogens (primary N) is 1. The van der Waals surface area contributed by atoms with E-state index < -0.39 is 0 Å². The van der Waals surface area contributed by atoms with E-state index in [1.54, 1.807) is 0 Å². The molecule has 0 aliphatic heterocycles. The molecule has 0 radical (unpaired) electrons. The highest BCUT2D eigenvalue weighted by Gasteiger charge is 2.38. The lowest BCUT2D eigenvalue weighted by Gasteiger charge is -2.08. The van der Waals surface area contributed by atoms with Gasteiger partial charge in [0.25, 0.3) is 0 Å². The molecule has 1 saturated carbocycles. The molecule has 0 bridgehead atoms. The molecule has 1 fully saturated rings. The Labute approximate surface area is 110 Å². The van der Waals surface area contributed by atoms with Gasteiger partial charge in [0, 0.05) is 12.0 Å². The maximum Gasteiger partial charge on any atom is 0.157 e. The third-order valence-corrected chi connectivity index (χ3v) is 3.48. The Kier molecular flexibility index (Phi) is 2.80. The second-order valence-electron chi connectivity index (χ2n) is 4.43. The van der Waals surface area contributed by atoms with Crippen LogP contribution in [0.5, 0.6) is 0 Å². The molecular formula is C13H13ClN4. The summed E-state index contributed by atoms with van der Waals surface area (Å²) in [7, 11) is 0. The third-order valence-electron chi connectivity index (χ3n) is 3.18. The fourth-order valence-corrected chi connectivity index (χ4v) is 2.22. The van der Waals surface area contributed by atoms with Crippen molar-refractivity contribution in [2.24, 2.45) is 0 Å². The molecule has 0 saturated heterocycles. The number of aromatic nitrogens is 2. The molecule has 0 spiro atoms. The van der Waals surface area contributed by atoms with Crippen molar-refractivity contribution in [3.8, 4) is 0 Å². The van der Waals surface area contributed by atoms with Gasteiger partial charge in [0.05, 0.1) is 0 Å². The van der Waals surface area contributed by atoms with Crippen molar-refractivity contribution < 1.29 is 0 Å². The second kappa shape index (κ2) is 4.46. The summed E-state index contributed by atoms with van der Waals surface area (Å²) in [6.45, 7) is 0. The fraction of sp³-hybridized carbons (Fsp3) is 0.231. The van der Waals surface area contributed by atoms with Crippen molar-refractivity contribution in [2.75, 3.05) is 11.1 Å². The number of nitrogens with zero attached hydrogens (tertiary/aromatic N) is 2. The molecule has 3 N–H and O–H groups in total. The molecule has 1 heterocycles. The van der Waals surface area contributed by atoms with Crippen LogP contribution in [0.4, 0.5) is 11.5 Å². The fourth-order valence-electron chi connectivity index (χ4n) is 2.09. The maximum absolute atomic E-state index is 5.85. The molecule has 5 heteroatoms. The zero-order valence-electron chi connectivity index (χ0n) is 9.68. The molecular weight excluding hydrogens is 248 g/mol. The summed E-state index contributed by atoms with van der Waals surface area (Å²) in [4.78, 5) is 7.95. The van der Waals surface area contributed by atoms with E-state index in [4.69, 9.17) is 17.3 Å². The van der Waals surface area contributed by atoms with Gasteiger partial charge >= 0.3 is 0 Å². The van der Waals surface area contributed by atoms with Crippen LogP contribution in [0.2, 0.25) is 5.15 Å². The van der Waals surface area contributed by atoms with Crippen LogP contribution in [-0.2, 0) is 0 Å². The standard InChI is InChI=1S/C13H13ClN4/c14-12-11(15)13(17-7-16-12)18-10-6-9(10)8-4-2-1-3-5-8/h1-5,7,9-10H,6,15H2,(H,16,17,18)/t9-,10+/m0/s1. The van der Waals surface area contributed by atoms with Crippen molar-refractivity contribution in [2.45, 2.75) is 18.4 Å². The number of nitrogen functional groups attached to an aromatic ring is 1. The lowest BCUT2D eigenvalue weighted by Crippen LogP contribution is -2.09. The first-order valence-corrected chi connectivity index (χ1v) is 6.21. The Morgan fingerprint density at radius 2 is 2.00 bits per heavy atom. The normalized spacial score (nSPS) is 21.6. The number of hydrogen-bond donors (Lipinski definition) is 2. The first-order chi connectivity index (χ1) is 8.75. The van der Waals surface area contributed by atoms with Crippen LogP contribution in [-0.4, -0.2) is 16.0 Å². The van der Waals surface area contributed by atoms with Gasteiger partial charge in [0.2, 0.25) is 0 Å². The summed E-state index contributed by atoms with van der Waals surface area (Å²) in [5.74, 6) is 1.15. The van der Waals surface area contributed by atoms with Gasteiger partial charge in [0.1, 0.15) is 12.0 Å². The van der Waals surface area contributed by atoms with Crippen LogP contribution in [0.1, 0.15) is 17.9 Å². The van der Waals surface area contributed by atoms with E-state index in [1.807, 2.05) is 6.07 Å². The van der Waals surface area contributed by atoms with Crippen LogP contribution in [0.25, 0.3) is 0 Å². The molecule has 18 heavy (non-hydrogen) atoms. The van der Waals surface area contributed by atoms with E-state index >= 15 is 0 Å². The average Bonchev–Trinajstić information content (AvgIpc) is 3.15. The molecule has 0 amide bonds. The molecule has 92 valence electrons. The van der Waals surface area contributed by atoms with Crippen LogP contribution in [0.3, 0.4) is 0 Å². The van der Waals surface area contributed by atoms with Crippen molar-refractivity contribution in [3.05, 3.63) is 47.4 Å². The van der Waals surface area contributed by atoms with Crippen molar-refractivity contribution >= 4 is 23.1 Å². The minimum Gasteiger partial charge on any atom is -0.393 e. The molecule has 1 aromatic heterocycles. The van der Waals surface area contributed by atoms with Crippen LogP contribution in [0, 0.1) is 0 Å². The lowest BCUT2D eigenvalue weighted by molar-refractivity contribution is 1.02. The van der Waals surface area contributed by atoms with Crippen molar-refractivity contribution in [3.63, 3.8) is 0 Å². The lowest BCUT2D eigenvalue weighted by atomic mass is 10.1. The van der Waals surface area contributed by atoms with E-state index in [9.17, 15) is 0 Å². The summed E-state index contributed by atoms with van der Waals surface area (Å²) in [6, 6.07) is 10.8. The first kappa shape index (κ1) is 11.3. The summed E-state index contributed by atoms with van der Waals surface area (Å²) >= 11 is 5.85. The van der Waals surface area contributed by atoms with Gasteiger partial charge in [-0.1, -0.05) is 41.9 Å². The second-order valence-corrected chi connectivity index (χ2v) is 4.79. The van der Waals surface area contributed by atoms with E-state index in [0.29, 0.717) is 28.6 Å². The van der Waals surface area contributed by atoms with Crippen molar-refractivity contribution in [1.82, 2.24) is 9.97 Å². The Hall–Kier alpha value is -1.81. The van der Waals surface area contributed by atoms with Crippen LogP contribution in [0.15, 0.2) is 36.7 Å².